The molecule has 0 fully saturated rings. The number of hydrogen-bond donors (Lipinski definition) is 1. The lowest BCUT2D eigenvalue weighted by molar-refractivity contribution is -0.136. The smallest absolute Gasteiger partial charge is 0.307 e. The molecule has 0 amide bonds. The van der Waals surface area contributed by atoms with Crippen LogP contribution in [0.5, 0.6) is 5.75 Å². The number of hydrogen-bond acceptors (Lipinski definition) is 2. The molecule has 0 aliphatic carbocycles. The van der Waals surface area contributed by atoms with E-state index in [1.807, 2.05) is 13.8 Å². The second-order valence-electron chi connectivity index (χ2n) is 4.20. The summed E-state index contributed by atoms with van der Waals surface area (Å²) in [5.41, 5.74) is 0.215. The summed E-state index contributed by atoms with van der Waals surface area (Å²) in [5.74, 6) is 5.61. The summed E-state index contributed by atoms with van der Waals surface area (Å²) in [6.45, 7) is 5.53. The SMILES string of the molecule is CC#CC(C)(C)Oc1ccc(CC(=O)O)cc1. The van der Waals surface area contributed by atoms with Crippen molar-refractivity contribution in [3.63, 3.8) is 0 Å². The van der Waals surface area contributed by atoms with Crippen LogP contribution < -0.4 is 4.74 Å². The molecule has 0 aliphatic heterocycles. The Hall–Kier alpha value is -1.95. The molecular formula is C14H16O3. The van der Waals surface area contributed by atoms with Crippen LogP contribution in [0, 0.1) is 11.8 Å². The summed E-state index contributed by atoms with van der Waals surface area (Å²) >= 11 is 0. The standard InChI is InChI=1S/C14H16O3/c1-4-9-14(2,3)17-12-7-5-11(6-8-12)10-13(15)16/h5-8H,10H2,1-3H3,(H,15,16). The Kier molecular flexibility index (Phi) is 4.17. The predicted molar refractivity (Wildman–Crippen MR) is 65.9 cm³/mol. The van der Waals surface area contributed by atoms with Crippen LogP contribution in [-0.2, 0) is 11.2 Å². The van der Waals surface area contributed by atoms with Crippen molar-refractivity contribution in [3.05, 3.63) is 29.8 Å². The lowest BCUT2D eigenvalue weighted by Gasteiger charge is -2.20. The lowest BCUT2D eigenvalue weighted by Crippen LogP contribution is -2.25. The van der Waals surface area contributed by atoms with Crippen molar-refractivity contribution >= 4 is 5.97 Å². The molecule has 0 heterocycles. The average molecular weight is 232 g/mol. The third kappa shape index (κ3) is 4.60. The summed E-state index contributed by atoms with van der Waals surface area (Å²) in [7, 11) is 0. The molecular weight excluding hydrogens is 216 g/mol. The second-order valence-corrected chi connectivity index (χ2v) is 4.20. The van der Waals surface area contributed by atoms with Crippen molar-refractivity contribution in [2.45, 2.75) is 32.8 Å². The minimum atomic E-state index is -0.837. The van der Waals surface area contributed by atoms with Gasteiger partial charge in [-0.1, -0.05) is 18.1 Å². The topological polar surface area (TPSA) is 46.5 Å². The molecule has 0 spiro atoms. The zero-order valence-electron chi connectivity index (χ0n) is 10.3. The molecule has 0 saturated carbocycles. The zero-order chi connectivity index (χ0) is 12.9. The van der Waals surface area contributed by atoms with E-state index in [9.17, 15) is 4.79 Å². The number of carboxylic acids is 1. The molecule has 0 unspecified atom stereocenters. The molecule has 1 N–H and O–H groups in total. The van der Waals surface area contributed by atoms with E-state index in [0.29, 0.717) is 5.75 Å². The van der Waals surface area contributed by atoms with Gasteiger partial charge in [0.1, 0.15) is 5.75 Å². The predicted octanol–water partition coefficient (Wildman–Crippen LogP) is 2.49. The van der Waals surface area contributed by atoms with Gasteiger partial charge in [0, 0.05) is 0 Å². The van der Waals surface area contributed by atoms with E-state index in [1.54, 1.807) is 31.2 Å². The molecule has 0 atom stereocenters. The molecule has 1 rings (SSSR count). The van der Waals surface area contributed by atoms with E-state index in [-0.39, 0.29) is 6.42 Å². The molecule has 17 heavy (non-hydrogen) atoms. The summed E-state index contributed by atoms with van der Waals surface area (Å²) in [6.07, 6.45) is 0.0262. The lowest BCUT2D eigenvalue weighted by atomic mass is 10.1. The highest BCUT2D eigenvalue weighted by Gasteiger charge is 2.15. The van der Waals surface area contributed by atoms with Crippen LogP contribution in [0.4, 0.5) is 0 Å². The van der Waals surface area contributed by atoms with Gasteiger partial charge in [-0.2, -0.15) is 0 Å². The second kappa shape index (κ2) is 5.40. The fourth-order valence-corrected chi connectivity index (χ4v) is 1.47. The van der Waals surface area contributed by atoms with Gasteiger partial charge in [0.05, 0.1) is 6.42 Å². The van der Waals surface area contributed by atoms with Crippen LogP contribution in [0.2, 0.25) is 0 Å². The Bertz CT molecular complexity index is 447. The van der Waals surface area contributed by atoms with Crippen LogP contribution >= 0.6 is 0 Å². The highest BCUT2D eigenvalue weighted by Crippen LogP contribution is 2.18. The van der Waals surface area contributed by atoms with Crippen LogP contribution in [0.3, 0.4) is 0 Å². The van der Waals surface area contributed by atoms with E-state index in [2.05, 4.69) is 11.8 Å². The van der Waals surface area contributed by atoms with Crippen LogP contribution in [0.15, 0.2) is 24.3 Å². The summed E-state index contributed by atoms with van der Waals surface area (Å²) < 4.78 is 5.68. The summed E-state index contributed by atoms with van der Waals surface area (Å²) in [4.78, 5) is 10.5. The number of ether oxygens (including phenoxy) is 1. The van der Waals surface area contributed by atoms with Gasteiger partial charge in [-0.05, 0) is 38.5 Å². The largest absolute Gasteiger partial charge is 0.481 e. The third-order valence-corrected chi connectivity index (χ3v) is 2.08. The maximum atomic E-state index is 10.5. The van der Waals surface area contributed by atoms with Crippen molar-refractivity contribution in [1.29, 1.82) is 0 Å². The number of benzene rings is 1. The van der Waals surface area contributed by atoms with E-state index in [1.165, 1.54) is 0 Å². The highest BCUT2D eigenvalue weighted by molar-refractivity contribution is 5.70. The van der Waals surface area contributed by atoms with E-state index < -0.39 is 11.6 Å². The quantitative estimate of drug-likeness (QED) is 0.811. The van der Waals surface area contributed by atoms with Crippen molar-refractivity contribution in [1.82, 2.24) is 0 Å². The Morgan fingerprint density at radius 3 is 2.41 bits per heavy atom. The van der Waals surface area contributed by atoms with Gasteiger partial charge in [0.2, 0.25) is 0 Å². The molecule has 3 heteroatoms. The molecule has 90 valence electrons. The number of carboxylic acid groups (broad SMARTS) is 1. The first-order chi connectivity index (χ1) is 7.93. The van der Waals surface area contributed by atoms with Gasteiger partial charge in [-0.15, -0.1) is 5.92 Å². The normalized spacial score (nSPS) is 10.3. The average Bonchev–Trinajstić information content (AvgIpc) is 2.19. The van der Waals surface area contributed by atoms with Gasteiger partial charge >= 0.3 is 5.97 Å². The highest BCUT2D eigenvalue weighted by atomic mass is 16.5. The monoisotopic (exact) mass is 232 g/mol. The summed E-state index contributed by atoms with van der Waals surface area (Å²) in [5, 5.41) is 8.64. The fourth-order valence-electron chi connectivity index (χ4n) is 1.47. The number of aliphatic carboxylic acids is 1. The first kappa shape index (κ1) is 13.1. The molecule has 0 radical (unpaired) electrons. The van der Waals surface area contributed by atoms with Gasteiger partial charge in [0.15, 0.2) is 5.60 Å². The number of carbonyl (C=O) groups is 1. The minimum Gasteiger partial charge on any atom is -0.481 e. The molecule has 1 aromatic rings. The fraction of sp³-hybridized carbons (Fsp3) is 0.357. The molecule has 1 aromatic carbocycles. The molecule has 0 aromatic heterocycles. The zero-order valence-corrected chi connectivity index (χ0v) is 10.3. The Morgan fingerprint density at radius 2 is 1.94 bits per heavy atom. The van der Waals surface area contributed by atoms with E-state index >= 15 is 0 Å². The van der Waals surface area contributed by atoms with Gasteiger partial charge < -0.3 is 9.84 Å². The Balaban J connectivity index is 2.74. The Labute approximate surface area is 101 Å². The van der Waals surface area contributed by atoms with Crippen molar-refractivity contribution in [3.8, 4) is 17.6 Å². The maximum absolute atomic E-state index is 10.5. The molecule has 0 aliphatic rings. The van der Waals surface area contributed by atoms with Gasteiger partial charge in [0.25, 0.3) is 0 Å². The van der Waals surface area contributed by atoms with Crippen molar-refractivity contribution < 1.29 is 14.6 Å². The van der Waals surface area contributed by atoms with Gasteiger partial charge in [-0.3, -0.25) is 4.79 Å². The van der Waals surface area contributed by atoms with Crippen LogP contribution in [0.1, 0.15) is 26.3 Å². The first-order valence-corrected chi connectivity index (χ1v) is 5.36. The molecule has 0 saturated heterocycles. The third-order valence-electron chi connectivity index (χ3n) is 2.08. The molecule has 0 bridgehead atoms. The first-order valence-electron chi connectivity index (χ1n) is 5.36. The maximum Gasteiger partial charge on any atom is 0.307 e. The van der Waals surface area contributed by atoms with Crippen molar-refractivity contribution in [2.24, 2.45) is 0 Å². The van der Waals surface area contributed by atoms with E-state index in [0.717, 1.165) is 5.56 Å². The Morgan fingerprint density at radius 1 is 1.35 bits per heavy atom. The van der Waals surface area contributed by atoms with Gasteiger partial charge in [-0.25, -0.2) is 0 Å². The van der Waals surface area contributed by atoms with E-state index in [4.69, 9.17) is 9.84 Å². The molecule has 3 nitrogen and oxygen atoms in total. The van der Waals surface area contributed by atoms with Crippen molar-refractivity contribution in [2.75, 3.05) is 0 Å². The minimum absolute atomic E-state index is 0.0262. The number of rotatable bonds is 4. The van der Waals surface area contributed by atoms with Crippen LogP contribution in [0.25, 0.3) is 0 Å². The van der Waals surface area contributed by atoms with Crippen LogP contribution in [-0.4, -0.2) is 16.7 Å². The summed E-state index contributed by atoms with van der Waals surface area (Å²) in [6, 6.07) is 7.02.